The third-order valence-electron chi connectivity index (χ3n) is 3.71. The van der Waals surface area contributed by atoms with Gasteiger partial charge in [-0.25, -0.2) is 0 Å². The summed E-state index contributed by atoms with van der Waals surface area (Å²) in [7, 11) is 0. The van der Waals surface area contributed by atoms with Crippen LogP contribution in [0.5, 0.6) is 0 Å². The molecule has 1 unspecified atom stereocenters. The van der Waals surface area contributed by atoms with Crippen molar-refractivity contribution in [2.45, 2.75) is 59.0 Å². The van der Waals surface area contributed by atoms with Gasteiger partial charge < -0.3 is 14.8 Å². The molecule has 136 valence electrons. The van der Waals surface area contributed by atoms with E-state index in [1.54, 1.807) is 0 Å². The number of nitrogens with one attached hydrogen (secondary N) is 1. The van der Waals surface area contributed by atoms with E-state index in [2.05, 4.69) is 43.3 Å². The lowest BCUT2D eigenvalue weighted by Gasteiger charge is -2.15. The summed E-state index contributed by atoms with van der Waals surface area (Å²) in [6, 6.07) is 0.763. The Kier molecular flexibility index (Phi) is 11.2. The highest BCUT2D eigenvalue weighted by atomic mass is 16.5. The molecule has 0 aromatic heterocycles. The first-order valence-electron chi connectivity index (χ1n) is 9.12. The fraction of sp³-hybridized carbons (Fsp3) is 1.00. The van der Waals surface area contributed by atoms with Crippen molar-refractivity contribution in [1.82, 2.24) is 10.3 Å². The predicted molar refractivity (Wildman–Crippen MR) is 93.7 cm³/mol. The molecule has 1 aliphatic heterocycles. The summed E-state index contributed by atoms with van der Waals surface area (Å²) in [4.78, 5) is 0. The standard InChI is InChI=1S/C17H36N4O2/c1-15(2)7-5-6-9-22-11-12-23-10-8-21-14-17(19-20-21)13-18-16(3)4/h15-18H,5-14H2,1-4H3. The first-order valence-corrected chi connectivity index (χ1v) is 9.12. The molecule has 0 bridgehead atoms. The molecule has 1 aliphatic rings. The van der Waals surface area contributed by atoms with Crippen molar-refractivity contribution in [3.05, 3.63) is 0 Å². The quantitative estimate of drug-likeness (QED) is 0.498. The third kappa shape index (κ3) is 11.5. The summed E-state index contributed by atoms with van der Waals surface area (Å²) in [5, 5.41) is 13.8. The Morgan fingerprint density at radius 2 is 1.78 bits per heavy atom. The highest BCUT2D eigenvalue weighted by molar-refractivity contribution is 4.76. The molecular formula is C17H36N4O2. The molecule has 1 heterocycles. The van der Waals surface area contributed by atoms with Crippen molar-refractivity contribution in [1.29, 1.82) is 0 Å². The first kappa shape index (κ1) is 20.3. The van der Waals surface area contributed by atoms with E-state index in [-0.39, 0.29) is 6.04 Å². The van der Waals surface area contributed by atoms with Crippen molar-refractivity contribution in [3.63, 3.8) is 0 Å². The van der Waals surface area contributed by atoms with Crippen LogP contribution < -0.4 is 5.32 Å². The number of unbranched alkanes of at least 4 members (excludes halogenated alkanes) is 1. The average molecular weight is 329 g/mol. The van der Waals surface area contributed by atoms with Crippen LogP contribution in [-0.4, -0.2) is 63.2 Å². The molecule has 0 aliphatic carbocycles. The van der Waals surface area contributed by atoms with E-state index in [1.807, 2.05) is 5.01 Å². The fourth-order valence-corrected chi connectivity index (χ4v) is 2.32. The molecule has 23 heavy (non-hydrogen) atoms. The number of ether oxygens (including phenoxy) is 2. The molecular weight excluding hydrogens is 292 g/mol. The maximum Gasteiger partial charge on any atom is 0.104 e. The van der Waals surface area contributed by atoms with Gasteiger partial charge in [-0.15, -0.1) is 0 Å². The SMILES string of the molecule is CC(C)CCCCOCCOCCN1CC(CNC(C)C)N=N1. The summed E-state index contributed by atoms with van der Waals surface area (Å²) in [5.41, 5.74) is 0. The minimum atomic E-state index is 0.270. The fourth-order valence-electron chi connectivity index (χ4n) is 2.32. The van der Waals surface area contributed by atoms with Gasteiger partial charge in [0.15, 0.2) is 0 Å². The lowest BCUT2D eigenvalue weighted by atomic mass is 10.1. The molecule has 0 aromatic carbocycles. The molecule has 0 saturated heterocycles. The molecule has 1 atom stereocenters. The predicted octanol–water partition coefficient (Wildman–Crippen LogP) is 2.90. The van der Waals surface area contributed by atoms with Crippen molar-refractivity contribution in [2.75, 3.05) is 46.1 Å². The zero-order valence-electron chi connectivity index (χ0n) is 15.5. The lowest BCUT2D eigenvalue weighted by Crippen LogP contribution is -2.34. The van der Waals surface area contributed by atoms with E-state index < -0.39 is 0 Å². The van der Waals surface area contributed by atoms with Gasteiger partial charge >= 0.3 is 0 Å². The van der Waals surface area contributed by atoms with Gasteiger partial charge in [-0.1, -0.05) is 45.8 Å². The van der Waals surface area contributed by atoms with E-state index in [0.29, 0.717) is 25.9 Å². The molecule has 0 radical (unpaired) electrons. The van der Waals surface area contributed by atoms with Crippen molar-refractivity contribution in [2.24, 2.45) is 16.3 Å². The summed E-state index contributed by atoms with van der Waals surface area (Å²) in [6.07, 6.45) is 3.70. The molecule has 6 heteroatoms. The Labute approximate surface area is 142 Å². The van der Waals surface area contributed by atoms with E-state index in [4.69, 9.17) is 9.47 Å². The highest BCUT2D eigenvalue weighted by Gasteiger charge is 2.18. The van der Waals surface area contributed by atoms with Crippen molar-refractivity contribution >= 4 is 0 Å². The first-order chi connectivity index (χ1) is 11.1. The molecule has 1 rings (SSSR count). The van der Waals surface area contributed by atoms with Crippen LogP contribution in [-0.2, 0) is 9.47 Å². The second-order valence-corrected chi connectivity index (χ2v) is 6.95. The Balaban J connectivity index is 1.84. The van der Waals surface area contributed by atoms with Gasteiger partial charge in [0.05, 0.1) is 32.9 Å². The topological polar surface area (TPSA) is 58.5 Å². The van der Waals surface area contributed by atoms with Crippen LogP contribution in [0.15, 0.2) is 10.3 Å². The summed E-state index contributed by atoms with van der Waals surface area (Å²) in [6.45, 7) is 14.3. The second kappa shape index (κ2) is 12.7. The van der Waals surface area contributed by atoms with E-state index in [0.717, 1.165) is 38.6 Å². The Hall–Kier alpha value is -0.720. The minimum Gasteiger partial charge on any atom is -0.379 e. The Morgan fingerprint density at radius 1 is 1.04 bits per heavy atom. The van der Waals surface area contributed by atoms with E-state index in [1.165, 1.54) is 12.8 Å². The molecule has 6 nitrogen and oxygen atoms in total. The molecule has 0 amide bonds. The summed E-state index contributed by atoms with van der Waals surface area (Å²) < 4.78 is 11.2. The van der Waals surface area contributed by atoms with Crippen LogP contribution in [0.1, 0.15) is 47.0 Å². The molecule has 0 spiro atoms. The summed E-state index contributed by atoms with van der Waals surface area (Å²) >= 11 is 0. The van der Waals surface area contributed by atoms with Crippen LogP contribution in [0.25, 0.3) is 0 Å². The monoisotopic (exact) mass is 328 g/mol. The molecule has 0 aromatic rings. The zero-order chi connectivity index (χ0) is 16.9. The average Bonchev–Trinajstić information content (AvgIpc) is 2.94. The number of rotatable bonds is 14. The van der Waals surface area contributed by atoms with Crippen LogP contribution in [0.2, 0.25) is 0 Å². The Morgan fingerprint density at radius 3 is 2.48 bits per heavy atom. The molecule has 0 fully saturated rings. The smallest absolute Gasteiger partial charge is 0.104 e. The van der Waals surface area contributed by atoms with Crippen LogP contribution in [0.3, 0.4) is 0 Å². The van der Waals surface area contributed by atoms with Gasteiger partial charge in [0, 0.05) is 19.2 Å². The number of hydrogen-bond acceptors (Lipinski definition) is 6. The van der Waals surface area contributed by atoms with Gasteiger partial charge in [-0.2, -0.15) is 5.11 Å². The van der Waals surface area contributed by atoms with E-state index in [9.17, 15) is 0 Å². The van der Waals surface area contributed by atoms with Crippen molar-refractivity contribution in [3.8, 4) is 0 Å². The molecule has 1 N–H and O–H groups in total. The van der Waals surface area contributed by atoms with Gasteiger partial charge in [0.25, 0.3) is 0 Å². The molecule has 0 saturated carbocycles. The van der Waals surface area contributed by atoms with Crippen molar-refractivity contribution < 1.29 is 9.47 Å². The van der Waals surface area contributed by atoms with Gasteiger partial charge in [0.1, 0.15) is 6.04 Å². The van der Waals surface area contributed by atoms with Crippen LogP contribution >= 0.6 is 0 Å². The van der Waals surface area contributed by atoms with Gasteiger partial charge in [-0.05, 0) is 12.3 Å². The number of nitrogens with zero attached hydrogens (tertiary/aromatic N) is 3. The Bertz CT molecular complexity index is 311. The third-order valence-corrected chi connectivity index (χ3v) is 3.71. The number of hydrogen-bond donors (Lipinski definition) is 1. The zero-order valence-corrected chi connectivity index (χ0v) is 15.5. The van der Waals surface area contributed by atoms with Crippen LogP contribution in [0, 0.1) is 5.92 Å². The van der Waals surface area contributed by atoms with Crippen LogP contribution in [0.4, 0.5) is 0 Å². The maximum absolute atomic E-state index is 5.59. The minimum absolute atomic E-state index is 0.270. The van der Waals surface area contributed by atoms with E-state index >= 15 is 0 Å². The summed E-state index contributed by atoms with van der Waals surface area (Å²) in [5.74, 6) is 0.793. The normalized spacial score (nSPS) is 17.8. The maximum atomic E-state index is 5.59. The lowest BCUT2D eigenvalue weighted by molar-refractivity contribution is 0.0382. The highest BCUT2D eigenvalue weighted by Crippen LogP contribution is 2.08. The largest absolute Gasteiger partial charge is 0.379 e. The second-order valence-electron chi connectivity index (χ2n) is 6.95. The van der Waals surface area contributed by atoms with Gasteiger partial charge in [-0.3, -0.25) is 5.01 Å². The van der Waals surface area contributed by atoms with Gasteiger partial charge in [0.2, 0.25) is 0 Å².